The van der Waals surface area contributed by atoms with Crippen molar-refractivity contribution in [1.29, 1.82) is 0 Å². The van der Waals surface area contributed by atoms with Crippen LogP contribution < -0.4 is 4.31 Å². The topological polar surface area (TPSA) is 84.0 Å². The minimum absolute atomic E-state index is 0.00262. The first-order valence-corrected chi connectivity index (χ1v) is 11.9. The maximum absolute atomic E-state index is 13.2. The van der Waals surface area contributed by atoms with Gasteiger partial charge < -0.3 is 9.64 Å². The first-order valence-electron chi connectivity index (χ1n) is 10.1. The third kappa shape index (κ3) is 5.21. The average Bonchev–Trinajstić information content (AvgIpc) is 2.77. The molecular weight excluding hydrogens is 459 g/mol. The lowest BCUT2D eigenvalue weighted by molar-refractivity contribution is -0.137. The zero-order chi connectivity index (χ0) is 23.5. The van der Waals surface area contributed by atoms with E-state index in [0.29, 0.717) is 6.54 Å². The molecule has 1 unspecified atom stereocenters. The molecule has 1 fully saturated rings. The summed E-state index contributed by atoms with van der Waals surface area (Å²) in [4.78, 5) is 26.5. The second-order valence-electron chi connectivity index (χ2n) is 7.60. The van der Waals surface area contributed by atoms with Gasteiger partial charge in [0.15, 0.2) is 6.61 Å². The summed E-state index contributed by atoms with van der Waals surface area (Å²) in [6.07, 6.45) is 2.85. The Kier molecular flexibility index (Phi) is 7.40. The van der Waals surface area contributed by atoms with Gasteiger partial charge in [-0.15, -0.1) is 0 Å². The molecule has 0 radical (unpaired) electrons. The molecule has 0 saturated carbocycles. The largest absolute Gasteiger partial charge is 0.452 e. The van der Waals surface area contributed by atoms with Gasteiger partial charge in [-0.25, -0.2) is 17.6 Å². The molecule has 2 aromatic rings. The van der Waals surface area contributed by atoms with Crippen molar-refractivity contribution in [1.82, 2.24) is 4.90 Å². The number of hydrogen-bond acceptors (Lipinski definition) is 5. The summed E-state index contributed by atoms with van der Waals surface area (Å²) in [6, 6.07) is 8.66. The second-order valence-corrected chi connectivity index (χ2v) is 9.98. The highest BCUT2D eigenvalue weighted by molar-refractivity contribution is 7.92. The van der Waals surface area contributed by atoms with Gasteiger partial charge in [-0.3, -0.25) is 9.10 Å². The SMILES string of the molecule is CC1CCCCN1C(=O)COC(=O)c1cc(S(=O)(=O)N(C)c2ccc(F)cc2)ccc1Cl. The van der Waals surface area contributed by atoms with E-state index < -0.39 is 28.4 Å². The van der Waals surface area contributed by atoms with Crippen molar-refractivity contribution in [2.45, 2.75) is 37.1 Å². The molecule has 1 heterocycles. The zero-order valence-corrected chi connectivity index (χ0v) is 19.3. The van der Waals surface area contributed by atoms with Crippen molar-refractivity contribution in [2.24, 2.45) is 0 Å². The second kappa shape index (κ2) is 9.87. The lowest BCUT2D eigenvalue weighted by Gasteiger charge is -2.33. The minimum Gasteiger partial charge on any atom is -0.452 e. The van der Waals surface area contributed by atoms with Crippen LogP contribution in [0.4, 0.5) is 10.1 Å². The van der Waals surface area contributed by atoms with E-state index in [9.17, 15) is 22.4 Å². The van der Waals surface area contributed by atoms with Crippen molar-refractivity contribution in [3.8, 4) is 0 Å². The van der Waals surface area contributed by atoms with Gasteiger partial charge in [0.2, 0.25) is 0 Å². The Labute approximate surface area is 191 Å². The maximum atomic E-state index is 13.2. The van der Waals surface area contributed by atoms with Crippen LogP contribution in [-0.2, 0) is 19.6 Å². The number of amides is 1. The van der Waals surface area contributed by atoms with E-state index in [1.165, 1.54) is 31.3 Å². The highest BCUT2D eigenvalue weighted by Gasteiger charge is 2.26. The molecule has 2 aromatic carbocycles. The lowest BCUT2D eigenvalue weighted by atomic mass is 10.0. The van der Waals surface area contributed by atoms with Gasteiger partial charge in [0.05, 0.1) is 21.2 Å². The molecule has 0 aliphatic carbocycles. The molecule has 10 heteroatoms. The van der Waals surface area contributed by atoms with Crippen LogP contribution in [0.2, 0.25) is 5.02 Å². The van der Waals surface area contributed by atoms with Gasteiger partial charge in [-0.1, -0.05) is 11.6 Å². The smallest absolute Gasteiger partial charge is 0.340 e. The molecule has 1 atom stereocenters. The van der Waals surface area contributed by atoms with Crippen molar-refractivity contribution >= 4 is 39.2 Å². The number of carbonyl (C=O) groups is 2. The lowest BCUT2D eigenvalue weighted by Crippen LogP contribution is -2.44. The van der Waals surface area contributed by atoms with Crippen molar-refractivity contribution in [2.75, 3.05) is 24.5 Å². The Hall–Kier alpha value is -2.65. The molecular formula is C22H24ClFN2O5S. The third-order valence-electron chi connectivity index (χ3n) is 5.46. The Bertz CT molecular complexity index is 1110. The summed E-state index contributed by atoms with van der Waals surface area (Å²) in [7, 11) is -2.75. The van der Waals surface area contributed by atoms with Crippen LogP contribution in [0, 0.1) is 5.82 Å². The molecule has 0 N–H and O–H groups in total. The number of carbonyl (C=O) groups excluding carboxylic acids is 2. The summed E-state index contributed by atoms with van der Waals surface area (Å²) < 4.78 is 45.2. The number of halogens is 2. The van der Waals surface area contributed by atoms with Crippen LogP contribution in [0.5, 0.6) is 0 Å². The number of sulfonamides is 1. The average molecular weight is 483 g/mol. The predicted octanol–water partition coefficient (Wildman–Crippen LogP) is 3.86. The number of nitrogens with zero attached hydrogens (tertiary/aromatic N) is 2. The van der Waals surface area contributed by atoms with Gasteiger partial charge >= 0.3 is 5.97 Å². The van der Waals surface area contributed by atoms with Crippen molar-refractivity contribution in [3.05, 3.63) is 58.9 Å². The summed E-state index contributed by atoms with van der Waals surface area (Å²) in [6.45, 7) is 2.11. The van der Waals surface area contributed by atoms with Gasteiger partial charge in [-0.05, 0) is 68.7 Å². The van der Waals surface area contributed by atoms with Gasteiger partial charge in [-0.2, -0.15) is 0 Å². The maximum Gasteiger partial charge on any atom is 0.340 e. The van der Waals surface area contributed by atoms with Crippen molar-refractivity contribution in [3.63, 3.8) is 0 Å². The fourth-order valence-electron chi connectivity index (χ4n) is 3.53. The van der Waals surface area contributed by atoms with Crippen LogP contribution in [0.1, 0.15) is 36.5 Å². The molecule has 7 nitrogen and oxygen atoms in total. The van der Waals surface area contributed by atoms with Crippen LogP contribution >= 0.6 is 11.6 Å². The summed E-state index contributed by atoms with van der Waals surface area (Å²) >= 11 is 6.10. The van der Waals surface area contributed by atoms with E-state index in [-0.39, 0.29) is 33.1 Å². The van der Waals surface area contributed by atoms with Crippen LogP contribution in [0.25, 0.3) is 0 Å². The number of likely N-dealkylation sites (tertiary alicyclic amines) is 1. The Balaban J connectivity index is 1.76. The molecule has 3 rings (SSSR count). The van der Waals surface area contributed by atoms with E-state index in [2.05, 4.69) is 0 Å². The van der Waals surface area contributed by atoms with Crippen LogP contribution in [0.15, 0.2) is 47.4 Å². The zero-order valence-electron chi connectivity index (χ0n) is 17.8. The van der Waals surface area contributed by atoms with Gasteiger partial charge in [0.1, 0.15) is 5.82 Å². The summed E-state index contributed by atoms with van der Waals surface area (Å²) in [5.74, 6) is -1.69. The summed E-state index contributed by atoms with van der Waals surface area (Å²) in [5.41, 5.74) is 0.0754. The number of hydrogen-bond donors (Lipinski definition) is 0. The van der Waals surface area contributed by atoms with E-state index in [1.54, 1.807) is 4.90 Å². The minimum atomic E-state index is -4.06. The standard InChI is InChI=1S/C22H24ClFN2O5S/c1-15-5-3-4-12-26(15)21(27)14-31-22(28)19-13-18(10-11-20(19)23)32(29,30)25(2)17-8-6-16(24)7-9-17/h6-11,13,15H,3-5,12,14H2,1-2H3. The van der Waals surface area contributed by atoms with E-state index >= 15 is 0 Å². The number of esters is 1. The summed E-state index contributed by atoms with van der Waals surface area (Å²) in [5, 5.41) is -0.00262. The van der Waals surface area contributed by atoms with E-state index in [4.69, 9.17) is 16.3 Å². The Morgan fingerprint density at radius 3 is 2.53 bits per heavy atom. The quantitative estimate of drug-likeness (QED) is 0.584. The fraction of sp³-hybridized carbons (Fsp3) is 0.364. The molecule has 0 aromatic heterocycles. The Morgan fingerprint density at radius 2 is 1.88 bits per heavy atom. The number of rotatable bonds is 6. The van der Waals surface area contributed by atoms with E-state index in [1.807, 2.05) is 6.92 Å². The first kappa shape index (κ1) is 24.0. The highest BCUT2D eigenvalue weighted by Crippen LogP contribution is 2.26. The molecule has 0 spiro atoms. The molecule has 172 valence electrons. The monoisotopic (exact) mass is 482 g/mol. The molecule has 1 aliphatic rings. The first-order chi connectivity index (χ1) is 15.1. The number of ether oxygens (including phenoxy) is 1. The number of piperidine rings is 1. The number of anilines is 1. The molecule has 32 heavy (non-hydrogen) atoms. The predicted molar refractivity (Wildman–Crippen MR) is 119 cm³/mol. The molecule has 1 aliphatic heterocycles. The van der Waals surface area contributed by atoms with E-state index in [0.717, 1.165) is 41.8 Å². The Morgan fingerprint density at radius 1 is 1.19 bits per heavy atom. The van der Waals surface area contributed by atoms with Gasteiger partial charge in [0, 0.05) is 19.6 Å². The molecule has 1 amide bonds. The van der Waals surface area contributed by atoms with Crippen LogP contribution in [-0.4, -0.2) is 51.4 Å². The van der Waals surface area contributed by atoms with Crippen molar-refractivity contribution < 1.29 is 27.1 Å². The molecule has 0 bridgehead atoms. The highest BCUT2D eigenvalue weighted by atomic mass is 35.5. The normalized spacial score (nSPS) is 16.5. The fourth-order valence-corrected chi connectivity index (χ4v) is 4.94. The molecule has 1 saturated heterocycles. The third-order valence-corrected chi connectivity index (χ3v) is 7.57. The van der Waals surface area contributed by atoms with Gasteiger partial charge in [0.25, 0.3) is 15.9 Å². The van der Waals surface area contributed by atoms with Crippen LogP contribution in [0.3, 0.4) is 0 Å². The number of benzene rings is 2.